The first-order chi connectivity index (χ1) is 8.02. The Kier molecular flexibility index (Phi) is 9.59. The van der Waals surface area contributed by atoms with Crippen molar-refractivity contribution >= 4 is 17.3 Å². The summed E-state index contributed by atoms with van der Waals surface area (Å²) in [6, 6.07) is 0. The molecule has 0 heterocycles. The summed E-state index contributed by atoms with van der Waals surface area (Å²) in [4.78, 5) is 30.2. The molecule has 0 bridgehead atoms. The van der Waals surface area contributed by atoms with E-state index in [1.165, 1.54) is 20.3 Å². The molecule has 0 saturated heterocycles. The maximum absolute atomic E-state index is 10.5. The van der Waals surface area contributed by atoms with Gasteiger partial charge in [0.15, 0.2) is 0 Å². The van der Waals surface area contributed by atoms with Crippen molar-refractivity contribution in [1.29, 1.82) is 0 Å². The topological polar surface area (TPSA) is 51.2 Å². The van der Waals surface area contributed by atoms with Gasteiger partial charge in [0.05, 0.1) is 0 Å². The second-order valence-corrected chi connectivity index (χ2v) is 4.75. The number of hydrogen-bond acceptors (Lipinski definition) is 3. The van der Waals surface area contributed by atoms with E-state index in [1.54, 1.807) is 0 Å². The van der Waals surface area contributed by atoms with E-state index in [0.717, 1.165) is 51.4 Å². The molecular weight excluding hydrogens is 216 g/mol. The summed E-state index contributed by atoms with van der Waals surface area (Å²) in [6.45, 7) is 3.06. The minimum Gasteiger partial charge on any atom is -0.300 e. The van der Waals surface area contributed by atoms with Crippen LogP contribution in [0.4, 0.5) is 0 Å². The predicted octanol–water partition coefficient (Wildman–Crippen LogP) is 3.24. The van der Waals surface area contributed by atoms with Gasteiger partial charge in [-0.15, -0.1) is 0 Å². The molecule has 3 nitrogen and oxygen atoms in total. The Bertz CT molecular complexity index is 236. The smallest absolute Gasteiger partial charge is 0.132 e. The van der Waals surface area contributed by atoms with E-state index in [4.69, 9.17) is 0 Å². The minimum absolute atomic E-state index is 0.167. The molecular formula is C14H24O3. The molecule has 0 radical (unpaired) electrons. The number of rotatable bonds is 0. The molecule has 2 saturated carbocycles. The highest BCUT2D eigenvalue weighted by Gasteiger charge is 2.07. The van der Waals surface area contributed by atoms with Crippen molar-refractivity contribution in [2.75, 3.05) is 0 Å². The van der Waals surface area contributed by atoms with Crippen molar-refractivity contribution in [3.8, 4) is 0 Å². The fourth-order valence-electron chi connectivity index (χ4n) is 1.72. The predicted molar refractivity (Wildman–Crippen MR) is 67.9 cm³/mol. The lowest BCUT2D eigenvalue weighted by Crippen LogP contribution is -2.02. The van der Waals surface area contributed by atoms with Gasteiger partial charge in [0.1, 0.15) is 17.3 Å². The van der Waals surface area contributed by atoms with E-state index in [2.05, 4.69) is 0 Å². The minimum atomic E-state index is 0.167. The molecule has 0 atom stereocenters. The quantitative estimate of drug-likeness (QED) is 0.653. The van der Waals surface area contributed by atoms with Gasteiger partial charge in [0.25, 0.3) is 0 Å². The number of carbonyl (C=O) groups is 3. The lowest BCUT2D eigenvalue weighted by Gasteiger charge is -2.05. The van der Waals surface area contributed by atoms with Crippen LogP contribution >= 0.6 is 0 Å². The summed E-state index contributed by atoms with van der Waals surface area (Å²) in [7, 11) is 0. The maximum Gasteiger partial charge on any atom is 0.132 e. The lowest BCUT2D eigenvalue weighted by molar-refractivity contribution is -0.120. The lowest BCUT2D eigenvalue weighted by atomic mass is 10.00. The molecule has 0 spiro atoms. The summed E-state index contributed by atoms with van der Waals surface area (Å²) in [5.41, 5.74) is 0. The van der Waals surface area contributed by atoms with Crippen LogP contribution in [0, 0.1) is 0 Å². The molecule has 0 aromatic rings. The van der Waals surface area contributed by atoms with E-state index in [9.17, 15) is 14.4 Å². The Balaban J connectivity index is 0.000000236. The van der Waals surface area contributed by atoms with E-state index >= 15 is 0 Å². The molecule has 2 aliphatic carbocycles. The third-order valence-electron chi connectivity index (χ3n) is 2.57. The van der Waals surface area contributed by atoms with E-state index in [0.29, 0.717) is 11.6 Å². The zero-order chi connectivity index (χ0) is 13.1. The Morgan fingerprint density at radius 3 is 1.12 bits per heavy atom. The number of carbonyl (C=O) groups excluding carboxylic acids is 3. The van der Waals surface area contributed by atoms with Crippen molar-refractivity contribution in [2.45, 2.75) is 71.6 Å². The highest BCUT2D eigenvalue weighted by atomic mass is 16.1. The zero-order valence-corrected chi connectivity index (χ0v) is 11.1. The Labute approximate surface area is 104 Å². The van der Waals surface area contributed by atoms with Crippen LogP contribution in [-0.4, -0.2) is 17.3 Å². The van der Waals surface area contributed by atoms with Crippen molar-refractivity contribution in [3.63, 3.8) is 0 Å². The van der Waals surface area contributed by atoms with E-state index in [1.807, 2.05) is 0 Å². The summed E-state index contributed by atoms with van der Waals surface area (Å²) in [5.74, 6) is 1.08. The van der Waals surface area contributed by atoms with Crippen LogP contribution in [0.1, 0.15) is 71.6 Å². The van der Waals surface area contributed by atoms with Gasteiger partial charge in [-0.1, -0.05) is 6.42 Å². The molecule has 0 unspecified atom stereocenters. The third kappa shape index (κ3) is 12.9. The van der Waals surface area contributed by atoms with Crippen LogP contribution < -0.4 is 0 Å². The molecule has 17 heavy (non-hydrogen) atoms. The highest BCUT2D eigenvalue weighted by molar-refractivity contribution is 5.80. The van der Waals surface area contributed by atoms with Gasteiger partial charge in [-0.05, 0) is 39.5 Å². The van der Waals surface area contributed by atoms with Crippen LogP contribution in [0.15, 0.2) is 0 Å². The molecule has 0 aliphatic heterocycles. The SMILES string of the molecule is CC(C)=O.O=C1CCCC1.O=C1CCCCC1. The van der Waals surface area contributed by atoms with E-state index in [-0.39, 0.29) is 5.78 Å². The highest BCUT2D eigenvalue weighted by Crippen LogP contribution is 2.12. The summed E-state index contributed by atoms with van der Waals surface area (Å²) >= 11 is 0. The van der Waals surface area contributed by atoms with Gasteiger partial charge in [-0.2, -0.15) is 0 Å². The van der Waals surface area contributed by atoms with Crippen molar-refractivity contribution in [2.24, 2.45) is 0 Å². The van der Waals surface area contributed by atoms with Crippen molar-refractivity contribution < 1.29 is 14.4 Å². The Morgan fingerprint density at radius 2 is 0.941 bits per heavy atom. The Morgan fingerprint density at radius 1 is 0.706 bits per heavy atom. The molecule has 2 aliphatic rings. The fourth-order valence-corrected chi connectivity index (χ4v) is 1.72. The molecule has 2 fully saturated rings. The van der Waals surface area contributed by atoms with Crippen LogP contribution in [0.25, 0.3) is 0 Å². The molecule has 0 amide bonds. The maximum atomic E-state index is 10.5. The second-order valence-electron chi connectivity index (χ2n) is 4.75. The number of hydrogen-bond donors (Lipinski definition) is 0. The molecule has 0 aromatic heterocycles. The average molecular weight is 240 g/mol. The Hall–Kier alpha value is -0.990. The summed E-state index contributed by atoms with van der Waals surface area (Å²) in [5, 5.41) is 0. The molecule has 0 N–H and O–H groups in total. The average Bonchev–Trinajstić information content (AvgIpc) is 2.70. The number of ketones is 3. The van der Waals surface area contributed by atoms with E-state index < -0.39 is 0 Å². The zero-order valence-electron chi connectivity index (χ0n) is 11.1. The first kappa shape index (κ1) is 16.0. The normalized spacial score (nSPS) is 18.7. The summed E-state index contributed by atoms with van der Waals surface area (Å²) in [6.07, 6.45) is 9.21. The first-order valence-corrected chi connectivity index (χ1v) is 6.53. The first-order valence-electron chi connectivity index (χ1n) is 6.53. The number of Topliss-reactive ketones (excluding diaryl/α,β-unsaturated/α-hetero) is 3. The molecule has 98 valence electrons. The van der Waals surface area contributed by atoms with Gasteiger partial charge in [0.2, 0.25) is 0 Å². The van der Waals surface area contributed by atoms with Crippen LogP contribution in [0.5, 0.6) is 0 Å². The van der Waals surface area contributed by atoms with Gasteiger partial charge in [0, 0.05) is 25.7 Å². The second kappa shape index (κ2) is 10.2. The fraction of sp³-hybridized carbons (Fsp3) is 0.786. The summed E-state index contributed by atoms with van der Waals surface area (Å²) < 4.78 is 0. The van der Waals surface area contributed by atoms with Crippen molar-refractivity contribution in [1.82, 2.24) is 0 Å². The van der Waals surface area contributed by atoms with Crippen LogP contribution in [0.3, 0.4) is 0 Å². The molecule has 3 heteroatoms. The standard InChI is InChI=1S/C6H10O.C5H8O.C3H6O/c7-6-4-2-1-3-5-6;6-5-3-1-2-4-5;1-3(2)4/h1-5H2;1-4H2;1-2H3. The molecule has 2 rings (SSSR count). The van der Waals surface area contributed by atoms with Gasteiger partial charge in [-0.3, -0.25) is 9.59 Å². The molecule has 0 aromatic carbocycles. The van der Waals surface area contributed by atoms with Crippen LogP contribution in [-0.2, 0) is 14.4 Å². The van der Waals surface area contributed by atoms with Gasteiger partial charge < -0.3 is 4.79 Å². The largest absolute Gasteiger partial charge is 0.300 e. The monoisotopic (exact) mass is 240 g/mol. The van der Waals surface area contributed by atoms with Gasteiger partial charge in [-0.25, -0.2) is 0 Å². The van der Waals surface area contributed by atoms with Crippen molar-refractivity contribution in [3.05, 3.63) is 0 Å². The third-order valence-corrected chi connectivity index (χ3v) is 2.57. The van der Waals surface area contributed by atoms with Gasteiger partial charge >= 0.3 is 0 Å². The van der Waals surface area contributed by atoms with Crippen LogP contribution in [0.2, 0.25) is 0 Å².